The fraction of sp³-hybridized carbons (Fsp3) is 0.0435. The van der Waals surface area contributed by atoms with E-state index in [9.17, 15) is 9.59 Å². The third-order valence-corrected chi connectivity index (χ3v) is 4.10. The molecule has 0 saturated heterocycles. The van der Waals surface area contributed by atoms with Crippen molar-refractivity contribution in [2.45, 2.75) is 0 Å². The molecule has 3 heteroatoms. The summed E-state index contributed by atoms with van der Waals surface area (Å²) in [6, 6.07) is 27.6. The Bertz CT molecular complexity index is 916. The topological polar surface area (TPSA) is 37.4 Å². The summed E-state index contributed by atoms with van der Waals surface area (Å²) >= 11 is 0. The summed E-state index contributed by atoms with van der Waals surface area (Å²) < 4.78 is 0. The Balaban J connectivity index is 2.00. The van der Waals surface area contributed by atoms with E-state index in [-0.39, 0.29) is 11.7 Å². The minimum Gasteiger partial charge on any atom is -0.311 e. The van der Waals surface area contributed by atoms with Gasteiger partial charge in [0.15, 0.2) is 5.78 Å². The number of ketones is 1. The molecule has 0 aromatic heterocycles. The maximum Gasteiger partial charge on any atom is 0.258 e. The van der Waals surface area contributed by atoms with E-state index >= 15 is 0 Å². The molecule has 0 fully saturated rings. The van der Waals surface area contributed by atoms with Gasteiger partial charge in [0.05, 0.1) is 5.57 Å². The van der Waals surface area contributed by atoms with Crippen molar-refractivity contribution in [2.75, 3.05) is 11.9 Å². The monoisotopic (exact) mass is 341 g/mol. The minimum absolute atomic E-state index is 0.195. The lowest BCUT2D eigenvalue weighted by molar-refractivity contribution is -0.113. The van der Waals surface area contributed by atoms with Crippen molar-refractivity contribution in [2.24, 2.45) is 0 Å². The van der Waals surface area contributed by atoms with Crippen LogP contribution in [-0.4, -0.2) is 18.7 Å². The molecule has 1 amide bonds. The standard InChI is InChI=1S/C23H19NO2/c1-24(20-15-9-4-10-16-20)23(26)21(18-11-5-2-6-12-18)17-22(25)19-13-7-3-8-14-19/h2-17H,1H3. The molecule has 0 radical (unpaired) electrons. The molecule has 3 rings (SSSR count). The number of carbonyl (C=O) groups is 2. The first-order valence-corrected chi connectivity index (χ1v) is 8.36. The second-order valence-electron chi connectivity index (χ2n) is 5.85. The van der Waals surface area contributed by atoms with Gasteiger partial charge in [-0.3, -0.25) is 9.59 Å². The average molecular weight is 341 g/mol. The van der Waals surface area contributed by atoms with Crippen molar-refractivity contribution < 1.29 is 9.59 Å². The number of nitrogens with zero attached hydrogens (tertiary/aromatic N) is 1. The van der Waals surface area contributed by atoms with E-state index in [1.165, 1.54) is 6.08 Å². The van der Waals surface area contributed by atoms with E-state index in [4.69, 9.17) is 0 Å². The summed E-state index contributed by atoms with van der Waals surface area (Å²) in [6.07, 6.45) is 1.42. The van der Waals surface area contributed by atoms with Crippen LogP contribution in [0.3, 0.4) is 0 Å². The third kappa shape index (κ3) is 3.95. The number of carbonyl (C=O) groups excluding carboxylic acids is 2. The molecule has 3 nitrogen and oxygen atoms in total. The van der Waals surface area contributed by atoms with Crippen LogP contribution in [0.15, 0.2) is 97.1 Å². The van der Waals surface area contributed by atoms with Crippen LogP contribution in [0.2, 0.25) is 0 Å². The predicted molar refractivity (Wildman–Crippen MR) is 105 cm³/mol. The third-order valence-electron chi connectivity index (χ3n) is 4.10. The van der Waals surface area contributed by atoms with Crippen molar-refractivity contribution in [1.29, 1.82) is 0 Å². The molecule has 0 aliphatic carbocycles. The van der Waals surface area contributed by atoms with Crippen molar-refractivity contribution in [1.82, 2.24) is 0 Å². The van der Waals surface area contributed by atoms with Crippen molar-refractivity contribution >= 4 is 23.0 Å². The molecule has 0 aliphatic rings. The average Bonchev–Trinajstić information content (AvgIpc) is 2.72. The van der Waals surface area contributed by atoms with Gasteiger partial charge in [-0.05, 0) is 23.8 Å². The first kappa shape index (κ1) is 17.4. The van der Waals surface area contributed by atoms with Gasteiger partial charge in [-0.15, -0.1) is 0 Å². The minimum atomic E-state index is -0.230. The van der Waals surface area contributed by atoms with E-state index in [0.717, 1.165) is 5.69 Å². The maximum absolute atomic E-state index is 13.1. The molecule has 0 N–H and O–H groups in total. The van der Waals surface area contributed by atoms with Crippen LogP contribution in [0.5, 0.6) is 0 Å². The van der Waals surface area contributed by atoms with Gasteiger partial charge in [0.1, 0.15) is 0 Å². The summed E-state index contributed by atoms with van der Waals surface area (Å²) in [5.74, 6) is -0.425. The number of hydrogen-bond donors (Lipinski definition) is 0. The highest BCUT2D eigenvalue weighted by atomic mass is 16.2. The van der Waals surface area contributed by atoms with E-state index in [1.54, 1.807) is 36.2 Å². The lowest BCUT2D eigenvalue weighted by atomic mass is 10.0. The highest BCUT2D eigenvalue weighted by Crippen LogP contribution is 2.22. The molecule has 0 atom stereocenters. The van der Waals surface area contributed by atoms with E-state index in [0.29, 0.717) is 16.7 Å². The summed E-state index contributed by atoms with van der Waals surface area (Å²) in [5.41, 5.74) is 2.40. The number of anilines is 1. The highest BCUT2D eigenvalue weighted by molar-refractivity contribution is 6.30. The van der Waals surface area contributed by atoms with E-state index in [2.05, 4.69) is 0 Å². The summed E-state index contributed by atoms with van der Waals surface area (Å²) in [6.45, 7) is 0. The Hall–Kier alpha value is -3.46. The lowest BCUT2D eigenvalue weighted by Gasteiger charge is -2.19. The largest absolute Gasteiger partial charge is 0.311 e. The van der Waals surface area contributed by atoms with Crippen molar-refractivity contribution in [3.8, 4) is 0 Å². The normalized spacial score (nSPS) is 11.0. The van der Waals surface area contributed by atoms with Crippen LogP contribution < -0.4 is 4.90 Å². The Labute approximate surface area is 153 Å². The molecule has 3 aromatic carbocycles. The highest BCUT2D eigenvalue weighted by Gasteiger charge is 2.19. The molecule has 0 unspecified atom stereocenters. The van der Waals surface area contributed by atoms with Crippen LogP contribution in [0, 0.1) is 0 Å². The number of para-hydroxylation sites is 1. The number of likely N-dealkylation sites (N-methyl/N-ethyl adjacent to an activating group) is 1. The predicted octanol–water partition coefficient (Wildman–Crippen LogP) is 4.62. The molecule has 0 saturated carbocycles. The van der Waals surface area contributed by atoms with Gasteiger partial charge in [-0.2, -0.15) is 0 Å². The molecule has 3 aromatic rings. The molecular weight excluding hydrogens is 322 g/mol. The van der Waals surface area contributed by atoms with E-state index in [1.807, 2.05) is 66.7 Å². The zero-order valence-corrected chi connectivity index (χ0v) is 14.5. The second kappa shape index (κ2) is 8.08. The summed E-state index contributed by atoms with van der Waals surface area (Å²) in [4.78, 5) is 27.3. The number of amides is 1. The molecule has 0 aliphatic heterocycles. The lowest BCUT2D eigenvalue weighted by Crippen LogP contribution is -2.27. The molecule has 26 heavy (non-hydrogen) atoms. The number of benzene rings is 3. The van der Waals surface area contributed by atoms with Crippen molar-refractivity contribution in [3.05, 3.63) is 108 Å². The molecule has 128 valence electrons. The first-order valence-electron chi connectivity index (χ1n) is 8.36. The van der Waals surface area contributed by atoms with Gasteiger partial charge in [0.2, 0.25) is 0 Å². The fourth-order valence-corrected chi connectivity index (χ4v) is 2.65. The molecule has 0 heterocycles. The van der Waals surface area contributed by atoms with Crippen LogP contribution in [0.1, 0.15) is 15.9 Å². The van der Waals surface area contributed by atoms with Crippen LogP contribution >= 0.6 is 0 Å². The smallest absolute Gasteiger partial charge is 0.258 e. The molecule has 0 spiro atoms. The SMILES string of the molecule is CN(C(=O)C(=CC(=O)c1ccccc1)c1ccccc1)c1ccccc1. The van der Waals surface area contributed by atoms with E-state index < -0.39 is 0 Å². The number of rotatable bonds is 5. The van der Waals surface area contributed by atoms with Gasteiger partial charge in [0, 0.05) is 18.3 Å². The zero-order chi connectivity index (χ0) is 18.4. The van der Waals surface area contributed by atoms with Crippen LogP contribution in [-0.2, 0) is 4.79 Å². The van der Waals surface area contributed by atoms with Gasteiger partial charge in [0.25, 0.3) is 5.91 Å². The van der Waals surface area contributed by atoms with Gasteiger partial charge in [-0.25, -0.2) is 0 Å². The number of allylic oxidation sites excluding steroid dienone is 1. The molecular formula is C23H19NO2. The summed E-state index contributed by atoms with van der Waals surface area (Å²) in [7, 11) is 1.71. The Kier molecular flexibility index (Phi) is 5.40. The van der Waals surface area contributed by atoms with Gasteiger partial charge >= 0.3 is 0 Å². The van der Waals surface area contributed by atoms with Crippen molar-refractivity contribution in [3.63, 3.8) is 0 Å². The van der Waals surface area contributed by atoms with Crippen LogP contribution in [0.25, 0.3) is 5.57 Å². The first-order chi connectivity index (χ1) is 12.7. The van der Waals surface area contributed by atoms with Crippen LogP contribution in [0.4, 0.5) is 5.69 Å². The zero-order valence-electron chi connectivity index (χ0n) is 14.5. The second-order valence-corrected chi connectivity index (χ2v) is 5.85. The quantitative estimate of drug-likeness (QED) is 0.502. The van der Waals surface area contributed by atoms with Gasteiger partial charge < -0.3 is 4.90 Å². The van der Waals surface area contributed by atoms with Gasteiger partial charge in [-0.1, -0.05) is 78.9 Å². The Morgan fingerprint density at radius 3 is 1.69 bits per heavy atom. The molecule has 0 bridgehead atoms. The fourth-order valence-electron chi connectivity index (χ4n) is 2.65. The Morgan fingerprint density at radius 1 is 0.692 bits per heavy atom. The maximum atomic E-state index is 13.1. The Morgan fingerprint density at radius 2 is 1.15 bits per heavy atom. The number of hydrogen-bond acceptors (Lipinski definition) is 2. The summed E-state index contributed by atoms with van der Waals surface area (Å²) in [5, 5.41) is 0.